The molecule has 14 heavy (non-hydrogen) atoms. The first kappa shape index (κ1) is 9.46. The van der Waals surface area contributed by atoms with Gasteiger partial charge in [0.2, 0.25) is 5.91 Å². The van der Waals surface area contributed by atoms with Crippen LogP contribution in [-0.4, -0.2) is 10.5 Å². The van der Waals surface area contributed by atoms with Gasteiger partial charge < -0.3 is 0 Å². The molecule has 0 spiro atoms. The standard InChI is InChI=1S/C11H10BrNO/c1-7-6-13(8(2)14)10-5-3-4-9(12)11(7)10/h3-6H,1-2H3. The lowest BCUT2D eigenvalue weighted by molar-refractivity contribution is 0.0941. The highest BCUT2D eigenvalue weighted by atomic mass is 79.9. The van der Waals surface area contributed by atoms with E-state index in [4.69, 9.17) is 0 Å². The molecular weight excluding hydrogens is 242 g/mol. The van der Waals surface area contributed by atoms with E-state index in [0.29, 0.717) is 0 Å². The van der Waals surface area contributed by atoms with Crippen LogP contribution < -0.4 is 0 Å². The van der Waals surface area contributed by atoms with Crippen molar-refractivity contribution < 1.29 is 4.79 Å². The van der Waals surface area contributed by atoms with E-state index in [2.05, 4.69) is 15.9 Å². The molecule has 1 aromatic heterocycles. The van der Waals surface area contributed by atoms with Gasteiger partial charge in [0.05, 0.1) is 5.52 Å². The molecule has 0 aliphatic rings. The number of benzene rings is 1. The molecule has 0 bridgehead atoms. The smallest absolute Gasteiger partial charge is 0.227 e. The Morgan fingerprint density at radius 1 is 1.43 bits per heavy atom. The summed E-state index contributed by atoms with van der Waals surface area (Å²) in [6.07, 6.45) is 1.87. The molecule has 0 N–H and O–H groups in total. The largest absolute Gasteiger partial charge is 0.287 e. The monoisotopic (exact) mass is 251 g/mol. The first-order valence-corrected chi connectivity index (χ1v) is 5.17. The zero-order valence-corrected chi connectivity index (χ0v) is 9.63. The van der Waals surface area contributed by atoms with Crippen molar-refractivity contribution in [2.24, 2.45) is 0 Å². The zero-order valence-electron chi connectivity index (χ0n) is 8.04. The van der Waals surface area contributed by atoms with Crippen molar-refractivity contribution in [3.05, 3.63) is 34.4 Å². The number of hydrogen-bond acceptors (Lipinski definition) is 1. The van der Waals surface area contributed by atoms with Crippen LogP contribution in [0.4, 0.5) is 0 Å². The van der Waals surface area contributed by atoms with E-state index >= 15 is 0 Å². The van der Waals surface area contributed by atoms with Crippen molar-refractivity contribution in [3.63, 3.8) is 0 Å². The van der Waals surface area contributed by atoms with Gasteiger partial charge in [-0.05, 0) is 24.6 Å². The predicted molar refractivity (Wildman–Crippen MR) is 60.7 cm³/mol. The molecule has 0 saturated carbocycles. The lowest BCUT2D eigenvalue weighted by Gasteiger charge is -1.99. The Morgan fingerprint density at radius 3 is 2.79 bits per heavy atom. The fourth-order valence-electron chi connectivity index (χ4n) is 1.69. The first-order valence-electron chi connectivity index (χ1n) is 4.38. The van der Waals surface area contributed by atoms with Crippen LogP contribution in [0.3, 0.4) is 0 Å². The summed E-state index contributed by atoms with van der Waals surface area (Å²) in [4.78, 5) is 11.3. The third-order valence-electron chi connectivity index (χ3n) is 2.31. The molecule has 3 heteroatoms. The van der Waals surface area contributed by atoms with Crippen LogP contribution in [0.15, 0.2) is 28.9 Å². The lowest BCUT2D eigenvalue weighted by atomic mass is 10.2. The second kappa shape index (κ2) is 3.24. The predicted octanol–water partition coefficient (Wildman–Crippen LogP) is 3.37. The third kappa shape index (κ3) is 1.28. The number of carbonyl (C=O) groups excluding carboxylic acids is 1. The Balaban J connectivity index is 2.91. The topological polar surface area (TPSA) is 22.0 Å². The van der Waals surface area contributed by atoms with E-state index < -0.39 is 0 Å². The normalized spacial score (nSPS) is 10.8. The molecule has 72 valence electrons. The summed E-state index contributed by atoms with van der Waals surface area (Å²) in [7, 11) is 0. The van der Waals surface area contributed by atoms with E-state index in [1.54, 1.807) is 11.5 Å². The van der Waals surface area contributed by atoms with E-state index in [0.717, 1.165) is 20.9 Å². The van der Waals surface area contributed by atoms with E-state index in [1.165, 1.54) is 0 Å². The molecule has 0 aliphatic heterocycles. The molecule has 0 saturated heterocycles. The highest BCUT2D eigenvalue weighted by Gasteiger charge is 2.09. The Bertz CT molecular complexity index is 513. The summed E-state index contributed by atoms with van der Waals surface area (Å²) < 4.78 is 2.71. The number of rotatable bonds is 0. The van der Waals surface area contributed by atoms with Crippen molar-refractivity contribution in [1.82, 2.24) is 4.57 Å². The van der Waals surface area contributed by atoms with E-state index in [1.807, 2.05) is 31.3 Å². The summed E-state index contributed by atoms with van der Waals surface area (Å²) in [5.41, 5.74) is 2.08. The van der Waals surface area contributed by atoms with Gasteiger partial charge in [-0.25, -0.2) is 0 Å². The van der Waals surface area contributed by atoms with E-state index in [9.17, 15) is 4.79 Å². The van der Waals surface area contributed by atoms with Crippen LogP contribution in [0.5, 0.6) is 0 Å². The molecule has 0 radical (unpaired) electrons. The van der Waals surface area contributed by atoms with Gasteiger partial charge >= 0.3 is 0 Å². The molecule has 1 aromatic carbocycles. The van der Waals surface area contributed by atoms with Crippen LogP contribution in [-0.2, 0) is 0 Å². The Morgan fingerprint density at radius 2 is 2.14 bits per heavy atom. The van der Waals surface area contributed by atoms with Crippen LogP contribution in [0, 0.1) is 6.92 Å². The van der Waals surface area contributed by atoms with Crippen LogP contribution >= 0.6 is 15.9 Å². The molecule has 0 atom stereocenters. The summed E-state index contributed by atoms with van der Waals surface area (Å²) in [6.45, 7) is 3.58. The van der Waals surface area contributed by atoms with Crippen molar-refractivity contribution >= 4 is 32.7 Å². The average Bonchev–Trinajstić information content (AvgIpc) is 2.45. The number of aromatic nitrogens is 1. The summed E-state index contributed by atoms with van der Waals surface area (Å²) in [5, 5.41) is 1.11. The van der Waals surface area contributed by atoms with Gasteiger partial charge in [0, 0.05) is 23.0 Å². The molecule has 2 rings (SSSR count). The van der Waals surface area contributed by atoms with Gasteiger partial charge in [-0.3, -0.25) is 9.36 Å². The molecule has 2 aromatic rings. The minimum Gasteiger partial charge on any atom is -0.287 e. The fourth-order valence-corrected chi connectivity index (χ4v) is 2.36. The van der Waals surface area contributed by atoms with Gasteiger partial charge in [0.15, 0.2) is 0 Å². The molecule has 1 heterocycles. The molecule has 0 unspecified atom stereocenters. The van der Waals surface area contributed by atoms with Gasteiger partial charge in [-0.15, -0.1) is 0 Å². The van der Waals surface area contributed by atoms with Crippen molar-refractivity contribution in [2.45, 2.75) is 13.8 Å². The number of aryl methyl sites for hydroxylation is 1. The lowest BCUT2D eigenvalue weighted by Crippen LogP contribution is -2.02. The maximum Gasteiger partial charge on any atom is 0.227 e. The second-order valence-corrected chi connectivity index (χ2v) is 4.19. The summed E-state index contributed by atoms with van der Waals surface area (Å²) >= 11 is 3.49. The van der Waals surface area contributed by atoms with Crippen LogP contribution in [0.25, 0.3) is 10.9 Å². The van der Waals surface area contributed by atoms with E-state index in [-0.39, 0.29) is 5.91 Å². The van der Waals surface area contributed by atoms with Crippen molar-refractivity contribution in [1.29, 1.82) is 0 Å². The van der Waals surface area contributed by atoms with Crippen molar-refractivity contribution in [2.75, 3.05) is 0 Å². The minimum atomic E-state index is 0.0428. The fraction of sp³-hybridized carbons (Fsp3) is 0.182. The van der Waals surface area contributed by atoms with Gasteiger partial charge in [-0.1, -0.05) is 22.0 Å². The Labute approximate surface area is 90.7 Å². The molecule has 2 nitrogen and oxygen atoms in total. The van der Waals surface area contributed by atoms with Crippen molar-refractivity contribution in [3.8, 4) is 0 Å². The quantitative estimate of drug-likeness (QED) is 0.704. The number of carbonyl (C=O) groups is 1. The number of hydrogen-bond donors (Lipinski definition) is 0. The second-order valence-electron chi connectivity index (χ2n) is 3.34. The Hall–Kier alpha value is -1.09. The van der Waals surface area contributed by atoms with Crippen LogP contribution in [0.1, 0.15) is 17.3 Å². The molecule has 0 aliphatic carbocycles. The molecule has 0 amide bonds. The Kier molecular flexibility index (Phi) is 2.19. The highest BCUT2D eigenvalue weighted by Crippen LogP contribution is 2.28. The maximum atomic E-state index is 11.3. The highest BCUT2D eigenvalue weighted by molar-refractivity contribution is 9.10. The first-order chi connectivity index (χ1) is 6.61. The SMILES string of the molecule is CC(=O)n1cc(C)c2c(Br)cccc21. The third-order valence-corrected chi connectivity index (χ3v) is 2.97. The summed E-state index contributed by atoms with van der Waals surface area (Å²) in [6, 6.07) is 5.87. The average molecular weight is 252 g/mol. The van der Waals surface area contributed by atoms with Gasteiger partial charge in [-0.2, -0.15) is 0 Å². The zero-order chi connectivity index (χ0) is 10.3. The summed E-state index contributed by atoms with van der Waals surface area (Å²) in [5.74, 6) is 0.0428. The van der Waals surface area contributed by atoms with Gasteiger partial charge in [0.25, 0.3) is 0 Å². The minimum absolute atomic E-state index is 0.0428. The number of fused-ring (bicyclic) bond motifs is 1. The molecular formula is C11H10BrNO. The van der Waals surface area contributed by atoms with Crippen LogP contribution in [0.2, 0.25) is 0 Å². The van der Waals surface area contributed by atoms with Gasteiger partial charge in [0.1, 0.15) is 0 Å². The maximum absolute atomic E-state index is 11.3. The molecule has 0 fully saturated rings. The number of halogens is 1. The number of nitrogens with zero attached hydrogens (tertiary/aromatic N) is 1.